The average Bonchev–Trinajstić information content (AvgIpc) is 2.64. The summed E-state index contributed by atoms with van der Waals surface area (Å²) in [5, 5.41) is 1.63. The molecule has 2 heteroatoms. The van der Waals surface area contributed by atoms with Crippen molar-refractivity contribution in [3.63, 3.8) is 0 Å². The predicted octanol–water partition coefficient (Wildman–Crippen LogP) is 5.62. The Hall–Kier alpha value is -1.15. The van der Waals surface area contributed by atoms with Gasteiger partial charge in [0.15, 0.2) is 0 Å². The minimum atomic E-state index is -1.50. The second-order valence-electron chi connectivity index (χ2n) is 8.00. The van der Waals surface area contributed by atoms with Gasteiger partial charge in [-0.25, -0.2) is 0 Å². The molecule has 0 amide bonds. The Morgan fingerprint density at radius 3 is 2.33 bits per heavy atom. The first-order valence-corrected chi connectivity index (χ1v) is 12.4. The van der Waals surface area contributed by atoms with Crippen molar-refractivity contribution in [1.82, 2.24) is 0 Å². The predicted molar refractivity (Wildman–Crippen MR) is 105 cm³/mol. The van der Waals surface area contributed by atoms with Crippen LogP contribution in [0.5, 0.6) is 0 Å². The Morgan fingerprint density at radius 1 is 1.04 bits per heavy atom. The molecule has 0 atom stereocenters. The molecule has 0 spiro atoms. The van der Waals surface area contributed by atoms with Crippen molar-refractivity contribution < 1.29 is 4.79 Å². The first kappa shape index (κ1) is 17.7. The second-order valence-corrected chi connectivity index (χ2v) is 12.7. The zero-order chi connectivity index (χ0) is 16.8. The van der Waals surface area contributed by atoms with Gasteiger partial charge in [0.2, 0.25) is 0 Å². The van der Waals surface area contributed by atoms with E-state index in [1.807, 2.05) is 0 Å². The van der Waals surface area contributed by atoms with Crippen LogP contribution >= 0.6 is 0 Å². The molecule has 1 aromatic carbocycles. The smallest absolute Gasteiger partial charge is 0.132 e. The molecule has 0 aromatic heterocycles. The number of Topliss-reactive ketones (excluding diaryl/α,β-unsaturated/α-hetero) is 1. The number of ketones is 1. The summed E-state index contributed by atoms with van der Waals surface area (Å²) in [6, 6.07) is 13.7. The highest BCUT2D eigenvalue weighted by Gasteiger charge is 2.45. The lowest BCUT2D eigenvalue weighted by Gasteiger charge is -2.45. The lowest BCUT2D eigenvalue weighted by molar-refractivity contribution is -0.118. The van der Waals surface area contributed by atoms with E-state index in [4.69, 9.17) is 0 Å². The molecule has 0 unspecified atom stereocenters. The van der Waals surface area contributed by atoms with E-state index in [1.54, 1.807) is 5.19 Å². The van der Waals surface area contributed by atoms with Crippen LogP contribution in [0.4, 0.5) is 0 Å². The zero-order valence-electron chi connectivity index (χ0n) is 15.0. The van der Waals surface area contributed by atoms with Crippen molar-refractivity contribution in [2.45, 2.75) is 75.4 Å². The molecule has 24 heavy (non-hydrogen) atoms. The van der Waals surface area contributed by atoms with Gasteiger partial charge in [-0.15, -0.1) is 6.58 Å². The molecular weight excluding hydrogens is 308 g/mol. The number of benzene rings is 1. The maximum absolute atomic E-state index is 11.9. The van der Waals surface area contributed by atoms with Gasteiger partial charge >= 0.3 is 0 Å². The quantitative estimate of drug-likeness (QED) is 0.373. The first-order valence-electron chi connectivity index (χ1n) is 9.93. The fourth-order valence-electron chi connectivity index (χ4n) is 5.23. The van der Waals surface area contributed by atoms with Crippen LogP contribution in [0.3, 0.4) is 0 Å². The van der Waals surface area contributed by atoms with Crippen LogP contribution < -0.4 is 5.19 Å². The van der Waals surface area contributed by atoms with E-state index in [9.17, 15) is 4.79 Å². The summed E-state index contributed by atoms with van der Waals surface area (Å²) in [5.41, 5.74) is 0.906. The van der Waals surface area contributed by atoms with Gasteiger partial charge in [0, 0.05) is 12.8 Å². The number of hydrogen-bond donors (Lipinski definition) is 0. The maximum Gasteiger partial charge on any atom is 0.132 e. The van der Waals surface area contributed by atoms with Crippen LogP contribution in [0, 0.1) is 5.92 Å². The number of carbonyl (C=O) groups excluding carboxylic acids is 1. The highest BCUT2D eigenvalue weighted by molar-refractivity contribution is 6.93. The highest BCUT2D eigenvalue weighted by atomic mass is 28.3. The second kappa shape index (κ2) is 8.29. The fourth-order valence-corrected chi connectivity index (χ4v) is 11.1. The lowest BCUT2D eigenvalue weighted by Crippen LogP contribution is -2.54. The number of hydrogen-bond acceptors (Lipinski definition) is 1. The summed E-state index contributed by atoms with van der Waals surface area (Å²) >= 11 is 0. The summed E-state index contributed by atoms with van der Waals surface area (Å²) in [6.07, 6.45) is 13.3. The number of rotatable bonds is 6. The molecule has 0 N–H and O–H groups in total. The van der Waals surface area contributed by atoms with E-state index < -0.39 is 8.07 Å². The van der Waals surface area contributed by atoms with E-state index >= 15 is 0 Å². The molecule has 1 saturated carbocycles. The Kier molecular flexibility index (Phi) is 6.10. The molecule has 1 heterocycles. The van der Waals surface area contributed by atoms with Gasteiger partial charge in [0.1, 0.15) is 5.78 Å². The van der Waals surface area contributed by atoms with Crippen molar-refractivity contribution in [3.05, 3.63) is 43.0 Å². The topological polar surface area (TPSA) is 17.1 Å². The maximum atomic E-state index is 11.9. The standard InChI is InChI=1S/C22H32OSi/c1-2-3-5-8-19-11-13-22(14-12-19)24(17-15-20(23)16-18-24)21-9-6-4-7-10-21/h2,4,6-7,9-10,19,22H,1,3,5,8,11-18H2. The molecule has 3 rings (SSSR count). The van der Waals surface area contributed by atoms with Crippen LogP contribution in [-0.4, -0.2) is 13.9 Å². The molecular formula is C22H32OSi. The van der Waals surface area contributed by atoms with Crippen LogP contribution in [0.25, 0.3) is 0 Å². The summed E-state index contributed by atoms with van der Waals surface area (Å²) < 4.78 is 0. The van der Waals surface area contributed by atoms with Gasteiger partial charge in [0.25, 0.3) is 0 Å². The molecule has 0 radical (unpaired) electrons. The molecule has 1 aliphatic heterocycles. The summed E-state index contributed by atoms with van der Waals surface area (Å²) in [6.45, 7) is 3.84. The van der Waals surface area contributed by atoms with Gasteiger partial charge in [-0.3, -0.25) is 4.79 Å². The molecule has 1 aliphatic carbocycles. The highest BCUT2D eigenvalue weighted by Crippen LogP contribution is 2.46. The van der Waals surface area contributed by atoms with Crippen molar-refractivity contribution in [2.75, 3.05) is 0 Å². The first-order chi connectivity index (χ1) is 11.7. The third-order valence-electron chi connectivity index (χ3n) is 6.70. The van der Waals surface area contributed by atoms with Gasteiger partial charge in [-0.2, -0.15) is 0 Å². The van der Waals surface area contributed by atoms with Crippen LogP contribution in [0.15, 0.2) is 43.0 Å². The molecule has 0 bridgehead atoms. The van der Waals surface area contributed by atoms with Gasteiger partial charge in [-0.1, -0.05) is 73.7 Å². The van der Waals surface area contributed by atoms with E-state index in [0.717, 1.165) is 24.3 Å². The van der Waals surface area contributed by atoms with E-state index in [0.29, 0.717) is 5.78 Å². The van der Waals surface area contributed by atoms with Gasteiger partial charge in [0.05, 0.1) is 8.07 Å². The third kappa shape index (κ3) is 3.91. The summed E-state index contributed by atoms with van der Waals surface area (Å²) in [4.78, 5) is 11.9. The third-order valence-corrected chi connectivity index (χ3v) is 12.6. The fraction of sp³-hybridized carbons (Fsp3) is 0.591. The van der Waals surface area contributed by atoms with Gasteiger partial charge < -0.3 is 0 Å². The monoisotopic (exact) mass is 340 g/mol. The number of allylic oxidation sites excluding steroid dienone is 1. The Balaban J connectivity index is 1.69. The van der Waals surface area contributed by atoms with Crippen LogP contribution in [0.2, 0.25) is 17.6 Å². The van der Waals surface area contributed by atoms with Crippen molar-refractivity contribution in [3.8, 4) is 0 Å². The van der Waals surface area contributed by atoms with Crippen LogP contribution in [-0.2, 0) is 4.79 Å². The number of unbranched alkanes of at least 4 members (excludes halogenated alkanes) is 1. The van der Waals surface area contributed by atoms with Gasteiger partial charge in [-0.05, 0) is 36.4 Å². The molecule has 1 saturated heterocycles. The largest absolute Gasteiger partial charge is 0.300 e. The minimum absolute atomic E-state index is 0.507. The van der Waals surface area contributed by atoms with Crippen LogP contribution in [0.1, 0.15) is 57.8 Å². The SMILES string of the molecule is C=CCCCC1CCC([Si]2(c3ccccc3)CCC(=O)CC2)CC1. The molecule has 1 nitrogen and oxygen atoms in total. The van der Waals surface area contributed by atoms with Crippen molar-refractivity contribution in [1.29, 1.82) is 0 Å². The normalized spacial score (nSPS) is 26.9. The molecule has 1 aromatic rings. The van der Waals surface area contributed by atoms with E-state index in [2.05, 4.69) is 43.0 Å². The summed E-state index contributed by atoms with van der Waals surface area (Å²) in [7, 11) is -1.50. The average molecular weight is 341 g/mol. The van der Waals surface area contributed by atoms with E-state index in [1.165, 1.54) is 57.0 Å². The molecule has 2 aliphatic rings. The van der Waals surface area contributed by atoms with Crippen molar-refractivity contribution in [2.24, 2.45) is 5.92 Å². The minimum Gasteiger partial charge on any atom is -0.300 e. The Labute approximate surface area is 148 Å². The lowest BCUT2D eigenvalue weighted by atomic mass is 9.85. The Morgan fingerprint density at radius 2 is 1.71 bits per heavy atom. The van der Waals surface area contributed by atoms with E-state index in [-0.39, 0.29) is 0 Å². The van der Waals surface area contributed by atoms with Crippen molar-refractivity contribution >= 4 is 19.0 Å². The number of carbonyl (C=O) groups is 1. The zero-order valence-corrected chi connectivity index (χ0v) is 16.0. The Bertz CT molecular complexity index is 532. The molecule has 130 valence electrons. The molecule has 2 fully saturated rings. The summed E-state index contributed by atoms with van der Waals surface area (Å²) in [5.74, 6) is 1.44.